The molecule has 0 saturated heterocycles. The molecule has 112 valence electrons. The van der Waals surface area contributed by atoms with Gasteiger partial charge in [-0.1, -0.05) is 19.1 Å². The number of nitrogen functional groups attached to an aromatic ring is 1. The first kappa shape index (κ1) is 15.0. The van der Waals surface area contributed by atoms with Gasteiger partial charge in [-0.2, -0.15) is 5.10 Å². The van der Waals surface area contributed by atoms with Gasteiger partial charge >= 0.3 is 0 Å². The molecule has 1 aromatic heterocycles. The molecule has 2 rings (SSSR count). The van der Waals surface area contributed by atoms with Crippen molar-refractivity contribution in [1.29, 1.82) is 0 Å². The third-order valence-electron chi connectivity index (χ3n) is 3.43. The summed E-state index contributed by atoms with van der Waals surface area (Å²) >= 11 is 0. The number of rotatable bonds is 5. The van der Waals surface area contributed by atoms with Gasteiger partial charge in [-0.15, -0.1) is 0 Å². The van der Waals surface area contributed by atoms with Gasteiger partial charge in [0.05, 0.1) is 0 Å². The van der Waals surface area contributed by atoms with Crippen LogP contribution in [0.2, 0.25) is 0 Å². The van der Waals surface area contributed by atoms with Gasteiger partial charge in [0.15, 0.2) is 5.82 Å². The summed E-state index contributed by atoms with van der Waals surface area (Å²) in [4.78, 5) is 16.3. The number of anilines is 1. The fourth-order valence-corrected chi connectivity index (χ4v) is 1.86. The van der Waals surface area contributed by atoms with Crippen LogP contribution in [0.25, 0.3) is 11.4 Å². The summed E-state index contributed by atoms with van der Waals surface area (Å²) in [7, 11) is 0. The quantitative estimate of drug-likeness (QED) is 0.824. The third-order valence-corrected chi connectivity index (χ3v) is 3.43. The minimum absolute atomic E-state index is 0.0617. The molecular formula is C15H21N5O. The van der Waals surface area contributed by atoms with Gasteiger partial charge in [-0.05, 0) is 32.4 Å². The second-order valence-corrected chi connectivity index (χ2v) is 5.17. The normalized spacial score (nSPS) is 13.7. The molecule has 21 heavy (non-hydrogen) atoms. The van der Waals surface area contributed by atoms with E-state index in [4.69, 9.17) is 5.73 Å². The molecule has 1 amide bonds. The van der Waals surface area contributed by atoms with E-state index in [-0.39, 0.29) is 11.9 Å². The first-order valence-electron chi connectivity index (χ1n) is 7.08. The van der Waals surface area contributed by atoms with Crippen LogP contribution in [0.5, 0.6) is 0 Å². The number of nitrogens with one attached hydrogen (secondary N) is 1. The molecule has 0 bridgehead atoms. The minimum Gasteiger partial charge on any atom is -0.399 e. The highest BCUT2D eigenvalue weighted by atomic mass is 16.2. The fraction of sp³-hybridized carbons (Fsp3) is 0.400. The van der Waals surface area contributed by atoms with E-state index in [9.17, 15) is 4.79 Å². The largest absolute Gasteiger partial charge is 0.399 e. The Bertz CT molecular complexity index is 622. The lowest BCUT2D eigenvalue weighted by Crippen LogP contribution is -2.37. The first-order chi connectivity index (χ1) is 10.0. The smallest absolute Gasteiger partial charge is 0.244 e. The van der Waals surface area contributed by atoms with Gasteiger partial charge in [0.1, 0.15) is 12.4 Å². The Balaban J connectivity index is 2.14. The molecular weight excluding hydrogens is 266 g/mol. The molecule has 0 fully saturated rings. The van der Waals surface area contributed by atoms with Crippen LogP contribution in [0.3, 0.4) is 0 Å². The van der Waals surface area contributed by atoms with Crippen molar-refractivity contribution in [2.45, 2.75) is 39.3 Å². The van der Waals surface area contributed by atoms with Crippen molar-refractivity contribution in [3.63, 3.8) is 0 Å². The molecule has 0 saturated carbocycles. The van der Waals surface area contributed by atoms with Gasteiger partial charge in [0.25, 0.3) is 0 Å². The second kappa shape index (κ2) is 6.39. The Morgan fingerprint density at radius 3 is 2.86 bits per heavy atom. The summed E-state index contributed by atoms with van der Waals surface area (Å²) in [6.07, 6.45) is 2.46. The molecule has 0 aliphatic carbocycles. The van der Waals surface area contributed by atoms with Crippen LogP contribution in [0.15, 0.2) is 30.6 Å². The van der Waals surface area contributed by atoms with Crippen molar-refractivity contribution in [3.05, 3.63) is 30.6 Å². The SMILES string of the molecule is CCC(C)NC(=O)C(C)n1cnc(-c2cccc(N)c2)n1. The Labute approximate surface area is 124 Å². The standard InChI is InChI=1S/C15H21N5O/c1-4-10(2)18-15(21)11(3)20-9-17-14(19-20)12-6-5-7-13(16)8-12/h5-11H,4,16H2,1-3H3,(H,18,21). The van der Waals surface area contributed by atoms with Gasteiger partial charge < -0.3 is 11.1 Å². The number of benzene rings is 1. The highest BCUT2D eigenvalue weighted by Crippen LogP contribution is 2.18. The summed E-state index contributed by atoms with van der Waals surface area (Å²) in [5.74, 6) is 0.499. The number of hydrogen-bond acceptors (Lipinski definition) is 4. The first-order valence-corrected chi connectivity index (χ1v) is 7.08. The van der Waals surface area contributed by atoms with Crippen molar-refractivity contribution < 1.29 is 4.79 Å². The van der Waals surface area contributed by atoms with E-state index in [1.165, 1.54) is 0 Å². The molecule has 2 atom stereocenters. The number of nitrogens with two attached hydrogens (primary N) is 1. The maximum absolute atomic E-state index is 12.1. The van der Waals surface area contributed by atoms with E-state index >= 15 is 0 Å². The summed E-state index contributed by atoms with van der Waals surface area (Å²) in [5.41, 5.74) is 7.25. The number of hydrogen-bond donors (Lipinski definition) is 2. The lowest BCUT2D eigenvalue weighted by Gasteiger charge is -2.16. The van der Waals surface area contributed by atoms with E-state index in [1.54, 1.807) is 17.9 Å². The van der Waals surface area contributed by atoms with Crippen molar-refractivity contribution >= 4 is 11.6 Å². The highest BCUT2D eigenvalue weighted by molar-refractivity contribution is 5.80. The lowest BCUT2D eigenvalue weighted by atomic mass is 10.2. The molecule has 2 unspecified atom stereocenters. The minimum atomic E-state index is -0.402. The molecule has 2 aromatic rings. The number of nitrogens with zero attached hydrogens (tertiary/aromatic N) is 3. The molecule has 0 aliphatic heterocycles. The highest BCUT2D eigenvalue weighted by Gasteiger charge is 2.18. The van der Waals surface area contributed by atoms with E-state index < -0.39 is 6.04 Å². The van der Waals surface area contributed by atoms with Gasteiger partial charge in [-0.3, -0.25) is 4.79 Å². The number of aromatic nitrogens is 3. The molecule has 0 spiro atoms. The lowest BCUT2D eigenvalue weighted by molar-refractivity contribution is -0.124. The van der Waals surface area contributed by atoms with Gasteiger partial charge in [0.2, 0.25) is 5.91 Å². The fourth-order valence-electron chi connectivity index (χ4n) is 1.86. The molecule has 3 N–H and O–H groups in total. The van der Waals surface area contributed by atoms with Crippen LogP contribution in [0.1, 0.15) is 33.2 Å². The van der Waals surface area contributed by atoms with Gasteiger partial charge in [0, 0.05) is 17.3 Å². The van der Waals surface area contributed by atoms with Crippen molar-refractivity contribution in [3.8, 4) is 11.4 Å². The van der Waals surface area contributed by atoms with E-state index in [2.05, 4.69) is 15.4 Å². The van der Waals surface area contributed by atoms with Crippen LogP contribution in [-0.4, -0.2) is 26.7 Å². The van der Waals surface area contributed by atoms with E-state index in [0.29, 0.717) is 11.5 Å². The number of amides is 1. The van der Waals surface area contributed by atoms with Crippen LogP contribution in [0.4, 0.5) is 5.69 Å². The molecule has 1 heterocycles. The topological polar surface area (TPSA) is 85.8 Å². The number of carbonyl (C=O) groups is 1. The summed E-state index contributed by atoms with van der Waals surface area (Å²) in [6.45, 7) is 5.81. The average molecular weight is 287 g/mol. The van der Waals surface area contributed by atoms with Crippen LogP contribution >= 0.6 is 0 Å². The molecule has 6 nitrogen and oxygen atoms in total. The summed E-state index contributed by atoms with van der Waals surface area (Å²) in [5, 5.41) is 7.30. The van der Waals surface area contributed by atoms with Crippen LogP contribution in [0, 0.1) is 0 Å². The summed E-state index contributed by atoms with van der Waals surface area (Å²) < 4.78 is 1.57. The molecule has 6 heteroatoms. The molecule has 0 radical (unpaired) electrons. The Morgan fingerprint density at radius 1 is 1.43 bits per heavy atom. The van der Waals surface area contributed by atoms with E-state index in [0.717, 1.165) is 12.0 Å². The van der Waals surface area contributed by atoms with Crippen molar-refractivity contribution in [1.82, 2.24) is 20.1 Å². The molecule has 0 aliphatic rings. The van der Waals surface area contributed by atoms with Crippen LogP contribution in [-0.2, 0) is 4.79 Å². The predicted molar refractivity (Wildman–Crippen MR) is 82.5 cm³/mol. The Morgan fingerprint density at radius 2 is 2.19 bits per heavy atom. The second-order valence-electron chi connectivity index (χ2n) is 5.17. The maximum atomic E-state index is 12.1. The van der Waals surface area contributed by atoms with Gasteiger partial charge in [-0.25, -0.2) is 9.67 Å². The maximum Gasteiger partial charge on any atom is 0.244 e. The summed E-state index contributed by atoms with van der Waals surface area (Å²) in [6, 6.07) is 7.11. The Kier molecular flexibility index (Phi) is 4.57. The zero-order valence-electron chi connectivity index (χ0n) is 12.6. The average Bonchev–Trinajstić information content (AvgIpc) is 2.96. The third kappa shape index (κ3) is 3.59. The zero-order chi connectivity index (χ0) is 15.4. The predicted octanol–water partition coefficient (Wildman–Crippen LogP) is 2.00. The van der Waals surface area contributed by atoms with E-state index in [1.807, 2.05) is 38.1 Å². The number of carbonyl (C=O) groups excluding carboxylic acids is 1. The van der Waals surface area contributed by atoms with Crippen molar-refractivity contribution in [2.75, 3.05) is 5.73 Å². The van der Waals surface area contributed by atoms with Crippen LogP contribution < -0.4 is 11.1 Å². The van der Waals surface area contributed by atoms with Crippen molar-refractivity contribution in [2.24, 2.45) is 0 Å². The monoisotopic (exact) mass is 287 g/mol. The molecule has 1 aromatic carbocycles. The zero-order valence-corrected chi connectivity index (χ0v) is 12.6. The Hall–Kier alpha value is -2.37.